The molecule has 2 N–H and O–H groups in total. The van der Waals surface area contributed by atoms with E-state index in [-0.39, 0.29) is 40.1 Å². The number of ketones is 1. The largest absolute Gasteiger partial charge is 0.393 e. The number of aliphatic hydroxyl groups excluding tert-OH is 1. The van der Waals surface area contributed by atoms with Gasteiger partial charge in [0.25, 0.3) is 0 Å². The number of carbonyl (C=O) groups is 1. The molecule has 0 amide bonds. The second-order valence-electron chi connectivity index (χ2n) is 16.1. The molecule has 4 aliphatic rings. The van der Waals surface area contributed by atoms with E-state index >= 15 is 0 Å². The minimum Gasteiger partial charge on any atom is -0.393 e. The lowest BCUT2D eigenvalue weighted by molar-refractivity contribution is -0.177. The third-order valence-electron chi connectivity index (χ3n) is 12.6. The van der Waals surface area contributed by atoms with E-state index < -0.39 is 17.1 Å². The van der Waals surface area contributed by atoms with Crippen molar-refractivity contribution in [3.05, 3.63) is 77.1 Å². The molecule has 0 aliphatic heterocycles. The second-order valence-corrected chi connectivity index (χ2v) is 18.4. The van der Waals surface area contributed by atoms with Gasteiger partial charge in [-0.3, -0.25) is 4.79 Å². The van der Waals surface area contributed by atoms with Crippen molar-refractivity contribution in [1.82, 2.24) is 14.8 Å². The highest BCUT2D eigenvalue weighted by Crippen LogP contribution is 2.67. The van der Waals surface area contributed by atoms with E-state index in [1.165, 1.54) is 28.5 Å². The van der Waals surface area contributed by atoms with Crippen molar-refractivity contribution in [3.8, 4) is 5.69 Å². The molecule has 0 saturated heterocycles. The van der Waals surface area contributed by atoms with E-state index in [0.29, 0.717) is 12.8 Å². The summed E-state index contributed by atoms with van der Waals surface area (Å²) in [5, 5.41) is 29.1. The van der Waals surface area contributed by atoms with Gasteiger partial charge in [-0.05, 0) is 109 Å². The minimum atomic E-state index is -1.44. The number of nitrogens with zero attached hydrogens (tertiary/aromatic N) is 3. The first-order valence-corrected chi connectivity index (χ1v) is 18.9. The summed E-state index contributed by atoms with van der Waals surface area (Å²) in [6.45, 7) is 11.1. The molecular formula is C39H45N3O3S2. The summed E-state index contributed by atoms with van der Waals surface area (Å²) in [4.78, 5) is 18.6. The smallest absolute Gasteiger partial charge is 0.175 e. The maximum absolute atomic E-state index is 13.9. The van der Waals surface area contributed by atoms with Gasteiger partial charge in [-0.1, -0.05) is 76.2 Å². The van der Waals surface area contributed by atoms with Gasteiger partial charge in [0.2, 0.25) is 0 Å². The minimum absolute atomic E-state index is 0.0812. The Bertz CT molecular complexity index is 1870. The summed E-state index contributed by atoms with van der Waals surface area (Å²) >= 11 is 3.02. The van der Waals surface area contributed by atoms with Crippen LogP contribution in [0.25, 0.3) is 22.0 Å². The van der Waals surface area contributed by atoms with Crippen molar-refractivity contribution in [1.29, 1.82) is 0 Å². The summed E-state index contributed by atoms with van der Waals surface area (Å²) in [7, 11) is 0. The summed E-state index contributed by atoms with van der Waals surface area (Å²) in [5.41, 5.74) is 4.91. The normalized spacial score (nSPS) is 33.1. The number of carbonyl (C=O) groups excluding carboxylic acids is 1. The van der Waals surface area contributed by atoms with Gasteiger partial charge in [-0.2, -0.15) is 5.10 Å². The Morgan fingerprint density at radius 3 is 2.62 bits per heavy atom. The van der Waals surface area contributed by atoms with Gasteiger partial charge in [0, 0.05) is 5.41 Å². The molecule has 0 spiro atoms. The third-order valence-corrected chi connectivity index (χ3v) is 14.8. The van der Waals surface area contributed by atoms with Crippen LogP contribution in [0.1, 0.15) is 83.5 Å². The molecule has 6 nitrogen and oxygen atoms in total. The van der Waals surface area contributed by atoms with Crippen molar-refractivity contribution >= 4 is 45.2 Å². The molecule has 47 heavy (non-hydrogen) atoms. The lowest BCUT2D eigenvalue weighted by Gasteiger charge is -2.60. The van der Waals surface area contributed by atoms with E-state index in [9.17, 15) is 15.0 Å². The summed E-state index contributed by atoms with van der Waals surface area (Å²) < 4.78 is 4.03. The van der Waals surface area contributed by atoms with E-state index in [4.69, 9.17) is 5.10 Å². The molecule has 2 heterocycles. The van der Waals surface area contributed by atoms with Gasteiger partial charge >= 0.3 is 0 Å². The Hall–Kier alpha value is -2.78. The summed E-state index contributed by atoms with van der Waals surface area (Å²) in [6.07, 6.45) is 8.29. The molecule has 4 aliphatic carbocycles. The topological polar surface area (TPSA) is 88.2 Å². The van der Waals surface area contributed by atoms with Crippen LogP contribution in [0.5, 0.6) is 0 Å². The third kappa shape index (κ3) is 4.76. The van der Waals surface area contributed by atoms with E-state index in [1.54, 1.807) is 11.3 Å². The number of rotatable bonds is 5. The van der Waals surface area contributed by atoms with Crippen molar-refractivity contribution in [3.63, 3.8) is 0 Å². The number of fused-ring (bicyclic) bond motifs is 7. The number of thiazole rings is 1. The quantitative estimate of drug-likeness (QED) is 0.210. The molecular weight excluding hydrogens is 623 g/mol. The second kappa shape index (κ2) is 10.9. The van der Waals surface area contributed by atoms with E-state index in [0.717, 1.165) is 51.6 Å². The highest BCUT2D eigenvalue weighted by atomic mass is 32.2. The molecule has 4 aromatic rings. The molecule has 2 aromatic heterocycles. The number of benzene rings is 2. The van der Waals surface area contributed by atoms with Crippen LogP contribution in [-0.2, 0) is 16.6 Å². The first kappa shape index (κ1) is 31.5. The Morgan fingerprint density at radius 1 is 1.11 bits per heavy atom. The average Bonchev–Trinajstić information content (AvgIpc) is 3.71. The molecule has 246 valence electrons. The van der Waals surface area contributed by atoms with Crippen LogP contribution in [0, 0.1) is 28.6 Å². The Balaban J connectivity index is 1.03. The van der Waals surface area contributed by atoms with Crippen LogP contribution in [0.2, 0.25) is 0 Å². The predicted molar refractivity (Wildman–Crippen MR) is 190 cm³/mol. The zero-order valence-electron chi connectivity index (χ0n) is 28.0. The number of thioether (sulfide) groups is 1. The zero-order valence-corrected chi connectivity index (χ0v) is 29.6. The fourth-order valence-electron chi connectivity index (χ4n) is 10.1. The Labute approximate surface area is 285 Å². The monoisotopic (exact) mass is 667 g/mol. The van der Waals surface area contributed by atoms with Crippen molar-refractivity contribution in [2.45, 2.75) is 94.6 Å². The van der Waals surface area contributed by atoms with Crippen molar-refractivity contribution in [2.24, 2.45) is 28.6 Å². The molecule has 0 bridgehead atoms. The van der Waals surface area contributed by atoms with Gasteiger partial charge in [-0.15, -0.1) is 11.3 Å². The van der Waals surface area contributed by atoms with Crippen LogP contribution in [0.4, 0.5) is 0 Å². The maximum Gasteiger partial charge on any atom is 0.175 e. The van der Waals surface area contributed by atoms with Gasteiger partial charge < -0.3 is 10.2 Å². The summed E-state index contributed by atoms with van der Waals surface area (Å²) in [6, 6.07) is 16.8. The lowest BCUT2D eigenvalue weighted by Crippen LogP contribution is -2.62. The molecule has 3 fully saturated rings. The SMILES string of the molecule is CC(C)(C)c1ccc(-n2ncc3c2C=C2CCC4C(C(O)CC5(C)C4CC[C@]5(O)C(=O)CSc4nc5ccccc5s4)C2(C)C3)cc1. The standard InChI is InChI=1S/C39H45N3O3S2/c1-36(2,3)24-10-13-26(14-11-24)42-30-18-25-12-15-27-28-16-17-39(45,33(44)22-46-35-41-29-8-6-7-9-32(29)47-35)38(28,5)20-31(43)34(27)37(25,4)19-23(30)21-40-42/h6-11,13-14,18,21,27-28,31,34,43,45H,12,15-17,19-20,22H2,1-5H3/t27?,28?,31?,34?,37?,38?,39-/m0/s1. The number of aliphatic hydroxyl groups is 2. The van der Waals surface area contributed by atoms with Gasteiger partial charge in [0.1, 0.15) is 5.60 Å². The van der Waals surface area contributed by atoms with Crippen LogP contribution in [-0.4, -0.2) is 48.2 Å². The predicted octanol–water partition coefficient (Wildman–Crippen LogP) is 8.02. The number of hydrogen-bond acceptors (Lipinski definition) is 7. The molecule has 2 aromatic carbocycles. The van der Waals surface area contributed by atoms with Gasteiger partial charge in [0.15, 0.2) is 10.1 Å². The first-order chi connectivity index (χ1) is 22.3. The summed E-state index contributed by atoms with van der Waals surface area (Å²) in [5.74, 6) is 0.606. The maximum atomic E-state index is 13.9. The fourth-order valence-corrected chi connectivity index (χ4v) is 12.2. The van der Waals surface area contributed by atoms with Crippen LogP contribution in [0.15, 0.2) is 64.6 Å². The average molecular weight is 668 g/mol. The highest BCUT2D eigenvalue weighted by Gasteiger charge is 2.68. The number of allylic oxidation sites excluding steroid dienone is 1. The first-order valence-electron chi connectivity index (χ1n) is 17.1. The van der Waals surface area contributed by atoms with Crippen molar-refractivity contribution in [2.75, 3.05) is 5.75 Å². The highest BCUT2D eigenvalue weighted by molar-refractivity contribution is 8.01. The Kier molecular flexibility index (Phi) is 7.28. The van der Waals surface area contributed by atoms with Crippen molar-refractivity contribution < 1.29 is 15.0 Å². The fraction of sp³-hybridized carbons (Fsp3) is 0.513. The lowest BCUT2D eigenvalue weighted by atomic mass is 9.45. The molecule has 8 heteroatoms. The van der Waals surface area contributed by atoms with E-state index in [1.807, 2.05) is 30.5 Å². The molecule has 8 rings (SSSR count). The molecule has 7 atom stereocenters. The number of aromatic nitrogens is 3. The van der Waals surface area contributed by atoms with Crippen LogP contribution < -0.4 is 0 Å². The van der Waals surface area contributed by atoms with Gasteiger partial charge in [-0.25, -0.2) is 9.67 Å². The van der Waals surface area contributed by atoms with Crippen LogP contribution >= 0.6 is 23.1 Å². The van der Waals surface area contributed by atoms with Crippen LogP contribution in [0.3, 0.4) is 0 Å². The number of Topliss-reactive ketones (excluding diaryl/α,β-unsaturated/α-hetero) is 1. The van der Waals surface area contributed by atoms with E-state index in [2.05, 4.69) is 74.6 Å². The number of hydrogen-bond donors (Lipinski definition) is 2. The molecule has 3 saturated carbocycles. The van der Waals surface area contributed by atoms with Gasteiger partial charge in [0.05, 0.1) is 39.7 Å². The number of para-hydroxylation sites is 1. The molecule has 6 unspecified atom stereocenters. The zero-order chi connectivity index (χ0) is 32.9. The molecule has 0 radical (unpaired) electrons. The Morgan fingerprint density at radius 2 is 1.87 bits per heavy atom.